The fraction of sp³-hybridized carbons (Fsp3) is 0.267. The standard InChI is InChI=1S/C15H14F2N2O4S/c16-11-2-1-9(13(17)6-11)7-19(12-3-4-12)15(20)10-5-14(23-8-10)24(18,21)22/h1-2,5-6,8,12H,3-4,7H2,(H2,18,21,22). The summed E-state index contributed by atoms with van der Waals surface area (Å²) in [6.07, 6.45) is 2.52. The minimum Gasteiger partial charge on any atom is -0.451 e. The predicted molar refractivity (Wildman–Crippen MR) is 79.3 cm³/mol. The van der Waals surface area contributed by atoms with Crippen LogP contribution in [0.25, 0.3) is 0 Å². The molecule has 0 bridgehead atoms. The molecule has 0 spiro atoms. The summed E-state index contributed by atoms with van der Waals surface area (Å²) in [5.41, 5.74) is 0.181. The first-order valence-electron chi connectivity index (χ1n) is 7.12. The fourth-order valence-electron chi connectivity index (χ4n) is 2.33. The van der Waals surface area contributed by atoms with Crippen molar-refractivity contribution in [2.24, 2.45) is 5.14 Å². The number of carbonyl (C=O) groups is 1. The molecule has 0 saturated heterocycles. The summed E-state index contributed by atoms with van der Waals surface area (Å²) in [6, 6.07) is 4.11. The average molecular weight is 356 g/mol. The highest BCUT2D eigenvalue weighted by molar-refractivity contribution is 7.89. The molecule has 1 aliphatic carbocycles. The maximum Gasteiger partial charge on any atom is 0.271 e. The van der Waals surface area contributed by atoms with Crippen molar-refractivity contribution in [1.29, 1.82) is 0 Å². The smallest absolute Gasteiger partial charge is 0.271 e. The Labute approximate surface area is 136 Å². The molecule has 1 aromatic heterocycles. The van der Waals surface area contributed by atoms with Crippen LogP contribution in [0, 0.1) is 11.6 Å². The number of furan rings is 1. The maximum absolute atomic E-state index is 13.8. The SMILES string of the molecule is NS(=O)(=O)c1cc(C(=O)N(Cc2ccc(F)cc2F)C2CC2)co1. The summed E-state index contributed by atoms with van der Waals surface area (Å²) < 4.78 is 54.1. The number of nitrogens with two attached hydrogens (primary N) is 1. The van der Waals surface area contributed by atoms with Gasteiger partial charge in [0.2, 0.25) is 5.09 Å². The summed E-state index contributed by atoms with van der Waals surface area (Å²) in [4.78, 5) is 14.0. The first kappa shape index (κ1) is 16.6. The summed E-state index contributed by atoms with van der Waals surface area (Å²) in [6.45, 7) is -0.0501. The van der Waals surface area contributed by atoms with Crippen LogP contribution < -0.4 is 5.14 Å². The van der Waals surface area contributed by atoms with Gasteiger partial charge in [0.25, 0.3) is 15.9 Å². The van der Waals surface area contributed by atoms with Crippen LogP contribution in [0.3, 0.4) is 0 Å². The number of benzene rings is 1. The van der Waals surface area contributed by atoms with Gasteiger partial charge < -0.3 is 9.32 Å². The van der Waals surface area contributed by atoms with Gasteiger partial charge in [-0.15, -0.1) is 0 Å². The minimum atomic E-state index is -4.06. The zero-order chi connectivity index (χ0) is 17.5. The molecule has 0 unspecified atom stereocenters. The lowest BCUT2D eigenvalue weighted by atomic mass is 10.1. The maximum atomic E-state index is 13.8. The molecular formula is C15H14F2N2O4S. The van der Waals surface area contributed by atoms with E-state index in [2.05, 4.69) is 0 Å². The monoisotopic (exact) mass is 356 g/mol. The molecule has 6 nitrogen and oxygen atoms in total. The Morgan fingerprint density at radius 2 is 2.00 bits per heavy atom. The van der Waals surface area contributed by atoms with Crippen LogP contribution in [-0.2, 0) is 16.6 Å². The van der Waals surface area contributed by atoms with E-state index in [1.54, 1.807) is 0 Å². The van der Waals surface area contributed by atoms with E-state index in [1.807, 2.05) is 0 Å². The second-order valence-electron chi connectivity index (χ2n) is 5.60. The third-order valence-electron chi connectivity index (χ3n) is 3.71. The second kappa shape index (κ2) is 5.99. The highest BCUT2D eigenvalue weighted by Gasteiger charge is 2.34. The van der Waals surface area contributed by atoms with Gasteiger partial charge in [0.1, 0.15) is 17.9 Å². The molecule has 0 radical (unpaired) electrons. The number of hydrogen-bond acceptors (Lipinski definition) is 4. The topological polar surface area (TPSA) is 93.6 Å². The largest absolute Gasteiger partial charge is 0.451 e. The van der Waals surface area contributed by atoms with Crippen molar-refractivity contribution in [3.8, 4) is 0 Å². The van der Waals surface area contributed by atoms with E-state index in [9.17, 15) is 22.0 Å². The van der Waals surface area contributed by atoms with Gasteiger partial charge in [0.05, 0.1) is 5.56 Å². The zero-order valence-corrected chi connectivity index (χ0v) is 13.2. The van der Waals surface area contributed by atoms with E-state index in [0.717, 1.165) is 37.3 Å². The van der Waals surface area contributed by atoms with Crippen LogP contribution in [0.2, 0.25) is 0 Å². The van der Waals surface area contributed by atoms with Crippen LogP contribution in [0.5, 0.6) is 0 Å². The van der Waals surface area contributed by atoms with E-state index in [1.165, 1.54) is 11.0 Å². The van der Waals surface area contributed by atoms with Crippen molar-refractivity contribution in [2.45, 2.75) is 30.5 Å². The number of sulfonamides is 1. The molecule has 0 aliphatic heterocycles. The highest BCUT2D eigenvalue weighted by atomic mass is 32.2. The van der Waals surface area contributed by atoms with Gasteiger partial charge in [-0.05, 0) is 18.9 Å². The van der Waals surface area contributed by atoms with E-state index in [0.29, 0.717) is 0 Å². The van der Waals surface area contributed by atoms with Crippen molar-refractivity contribution < 1.29 is 26.4 Å². The van der Waals surface area contributed by atoms with E-state index in [-0.39, 0.29) is 23.7 Å². The van der Waals surface area contributed by atoms with Gasteiger partial charge in [-0.2, -0.15) is 0 Å². The zero-order valence-electron chi connectivity index (χ0n) is 12.4. The van der Waals surface area contributed by atoms with Crippen molar-refractivity contribution in [1.82, 2.24) is 4.90 Å². The molecule has 3 rings (SSSR count). The molecule has 1 fully saturated rings. The highest BCUT2D eigenvalue weighted by Crippen LogP contribution is 2.31. The van der Waals surface area contributed by atoms with Crippen LogP contribution in [0.1, 0.15) is 28.8 Å². The number of halogens is 2. The second-order valence-corrected chi connectivity index (χ2v) is 7.09. The third kappa shape index (κ3) is 3.46. The molecule has 128 valence electrons. The molecule has 1 amide bonds. The van der Waals surface area contributed by atoms with Gasteiger partial charge in [-0.3, -0.25) is 4.79 Å². The Kier molecular flexibility index (Phi) is 4.14. The molecular weight excluding hydrogens is 342 g/mol. The van der Waals surface area contributed by atoms with Gasteiger partial charge in [0.15, 0.2) is 0 Å². The van der Waals surface area contributed by atoms with E-state index in [4.69, 9.17) is 9.56 Å². The number of nitrogens with zero attached hydrogens (tertiary/aromatic N) is 1. The molecule has 1 aromatic carbocycles. The van der Waals surface area contributed by atoms with Crippen molar-refractivity contribution in [3.63, 3.8) is 0 Å². The Balaban J connectivity index is 1.85. The first-order chi connectivity index (χ1) is 11.3. The fourth-order valence-corrected chi connectivity index (χ4v) is 2.80. The average Bonchev–Trinajstić information content (AvgIpc) is 3.19. The lowest BCUT2D eigenvalue weighted by Gasteiger charge is -2.22. The number of rotatable bonds is 5. The van der Waals surface area contributed by atoms with Gasteiger partial charge in [-0.1, -0.05) is 6.07 Å². The quantitative estimate of drug-likeness (QED) is 0.887. The van der Waals surface area contributed by atoms with Crippen LogP contribution >= 0.6 is 0 Å². The first-order valence-corrected chi connectivity index (χ1v) is 8.66. The van der Waals surface area contributed by atoms with Gasteiger partial charge >= 0.3 is 0 Å². The van der Waals surface area contributed by atoms with Crippen molar-refractivity contribution >= 4 is 15.9 Å². The molecule has 2 N–H and O–H groups in total. The van der Waals surface area contributed by atoms with Gasteiger partial charge in [0, 0.05) is 30.3 Å². The molecule has 1 saturated carbocycles. The molecule has 9 heteroatoms. The van der Waals surface area contributed by atoms with Crippen molar-refractivity contribution in [2.75, 3.05) is 0 Å². The predicted octanol–water partition coefficient (Wildman–Crippen LogP) is 2.01. The number of primary sulfonamides is 1. The third-order valence-corrected chi connectivity index (χ3v) is 4.48. The normalized spacial score (nSPS) is 14.6. The minimum absolute atomic E-state index is 0.00782. The molecule has 1 aliphatic rings. The molecule has 0 atom stereocenters. The number of hydrogen-bond donors (Lipinski definition) is 1. The van der Waals surface area contributed by atoms with Crippen LogP contribution in [0.15, 0.2) is 40.0 Å². The van der Waals surface area contributed by atoms with E-state index >= 15 is 0 Å². The summed E-state index contributed by atoms with van der Waals surface area (Å²) in [5.74, 6) is -1.95. The van der Waals surface area contributed by atoms with Crippen LogP contribution in [-0.4, -0.2) is 25.3 Å². The van der Waals surface area contributed by atoms with Crippen molar-refractivity contribution in [3.05, 3.63) is 53.3 Å². The molecule has 24 heavy (non-hydrogen) atoms. The molecule has 1 heterocycles. The Morgan fingerprint density at radius 3 is 2.54 bits per heavy atom. The Bertz CT molecular complexity index is 891. The van der Waals surface area contributed by atoms with E-state index < -0.39 is 32.7 Å². The van der Waals surface area contributed by atoms with Crippen LogP contribution in [0.4, 0.5) is 8.78 Å². The Hall–Kier alpha value is -2.26. The number of amides is 1. The lowest BCUT2D eigenvalue weighted by molar-refractivity contribution is 0.0727. The lowest BCUT2D eigenvalue weighted by Crippen LogP contribution is -2.32. The number of carbonyl (C=O) groups excluding carboxylic acids is 1. The van der Waals surface area contributed by atoms with Gasteiger partial charge in [-0.25, -0.2) is 22.3 Å². The Morgan fingerprint density at radius 1 is 1.29 bits per heavy atom. The summed E-state index contributed by atoms with van der Waals surface area (Å²) in [7, 11) is -4.06. The summed E-state index contributed by atoms with van der Waals surface area (Å²) in [5, 5.41) is 4.43. The summed E-state index contributed by atoms with van der Waals surface area (Å²) >= 11 is 0. The molecule has 2 aromatic rings.